The first kappa shape index (κ1) is 8.87. The topological polar surface area (TPSA) is 45.8 Å². The van der Waals surface area contributed by atoms with Gasteiger partial charge in [0, 0.05) is 6.20 Å². The molecule has 0 N–H and O–H groups in total. The van der Waals surface area contributed by atoms with E-state index >= 15 is 0 Å². The molecule has 0 saturated heterocycles. The van der Waals surface area contributed by atoms with Crippen molar-refractivity contribution in [2.24, 2.45) is 0 Å². The fraction of sp³-hybridized carbons (Fsp3) is 0.300. The van der Waals surface area contributed by atoms with Gasteiger partial charge in [0.25, 0.3) is 0 Å². The molecule has 0 amide bonds. The maximum Gasteiger partial charge on any atom is 0.0617 e. The van der Waals surface area contributed by atoms with Crippen LogP contribution in [0, 0.1) is 20.8 Å². The first-order valence-electron chi connectivity index (χ1n) is 4.48. The molecule has 0 bridgehead atoms. The molecule has 0 fully saturated rings. The van der Waals surface area contributed by atoms with Crippen molar-refractivity contribution in [2.45, 2.75) is 20.8 Å². The van der Waals surface area contributed by atoms with Crippen LogP contribution < -0.4 is 5.11 Å². The Hall–Kier alpha value is -1.71. The second-order valence-corrected chi connectivity index (χ2v) is 3.52. The van der Waals surface area contributed by atoms with Crippen molar-refractivity contribution in [2.75, 3.05) is 0 Å². The fourth-order valence-corrected chi connectivity index (χ4v) is 1.54. The number of aromatic nitrogens is 3. The van der Waals surface area contributed by atoms with E-state index in [2.05, 4.69) is 5.10 Å². The summed E-state index contributed by atoms with van der Waals surface area (Å²) in [4.78, 5) is 1.62. The van der Waals surface area contributed by atoms with Gasteiger partial charge in [-0.25, -0.2) is 0 Å². The highest BCUT2D eigenvalue weighted by molar-refractivity contribution is 5.21. The minimum absolute atomic E-state index is 0.0475. The van der Waals surface area contributed by atoms with Crippen molar-refractivity contribution < 1.29 is 5.11 Å². The quantitative estimate of drug-likeness (QED) is 0.673. The van der Waals surface area contributed by atoms with Gasteiger partial charge in [-0.05, 0) is 44.3 Å². The lowest BCUT2D eigenvalue weighted by molar-refractivity contribution is -0.279. The van der Waals surface area contributed by atoms with Crippen LogP contribution in [0.2, 0.25) is 0 Å². The Labute approximate surface area is 82.4 Å². The average Bonchev–Trinajstić information content (AvgIpc) is 2.55. The summed E-state index contributed by atoms with van der Waals surface area (Å²) in [7, 11) is 0. The van der Waals surface area contributed by atoms with Gasteiger partial charge in [-0.15, -0.1) is 0 Å². The van der Waals surface area contributed by atoms with Gasteiger partial charge in [0.15, 0.2) is 0 Å². The van der Waals surface area contributed by atoms with Gasteiger partial charge in [-0.2, -0.15) is 9.89 Å². The van der Waals surface area contributed by atoms with Gasteiger partial charge in [0.2, 0.25) is 0 Å². The molecule has 4 nitrogen and oxygen atoms in total. The summed E-state index contributed by atoms with van der Waals surface area (Å²) in [5, 5.41) is 15.7. The predicted molar refractivity (Wildman–Crippen MR) is 51.1 cm³/mol. The van der Waals surface area contributed by atoms with Gasteiger partial charge in [-0.1, -0.05) is 0 Å². The SMILES string of the molecule is Cc1cc([O-])n(-n2nc(C)cc2C)c1. The summed E-state index contributed by atoms with van der Waals surface area (Å²) in [6.07, 6.45) is 1.78. The van der Waals surface area contributed by atoms with E-state index in [0.29, 0.717) is 0 Å². The molecule has 0 aliphatic carbocycles. The van der Waals surface area contributed by atoms with E-state index in [-0.39, 0.29) is 5.88 Å². The summed E-state index contributed by atoms with van der Waals surface area (Å²) < 4.78 is 1.51. The molecule has 0 saturated carbocycles. The summed E-state index contributed by atoms with van der Waals surface area (Å²) >= 11 is 0. The summed E-state index contributed by atoms with van der Waals surface area (Å²) in [6.45, 7) is 5.72. The normalized spacial score (nSPS) is 10.8. The molecule has 2 aromatic heterocycles. The van der Waals surface area contributed by atoms with E-state index < -0.39 is 0 Å². The lowest BCUT2D eigenvalue weighted by Gasteiger charge is -2.13. The van der Waals surface area contributed by atoms with Crippen LogP contribution in [0.1, 0.15) is 17.0 Å². The number of nitrogens with zero attached hydrogens (tertiary/aromatic N) is 3. The van der Waals surface area contributed by atoms with Gasteiger partial charge >= 0.3 is 0 Å². The number of hydrogen-bond donors (Lipinski definition) is 0. The van der Waals surface area contributed by atoms with Crippen molar-refractivity contribution in [1.29, 1.82) is 0 Å². The Morgan fingerprint density at radius 2 is 1.93 bits per heavy atom. The van der Waals surface area contributed by atoms with Crippen LogP contribution in [-0.2, 0) is 0 Å². The zero-order chi connectivity index (χ0) is 10.3. The molecule has 0 atom stereocenters. The van der Waals surface area contributed by atoms with E-state index in [4.69, 9.17) is 0 Å². The second kappa shape index (κ2) is 2.90. The Bertz CT molecular complexity index is 423. The predicted octanol–water partition coefficient (Wildman–Crippen LogP) is 0.995. The van der Waals surface area contributed by atoms with Crippen LogP contribution in [0.25, 0.3) is 0 Å². The van der Waals surface area contributed by atoms with Crippen LogP contribution in [0.4, 0.5) is 0 Å². The second-order valence-electron chi connectivity index (χ2n) is 3.52. The molecule has 2 aromatic rings. The third-order valence-electron chi connectivity index (χ3n) is 2.09. The Balaban J connectivity index is 2.59. The molecule has 2 rings (SSSR count). The average molecular weight is 190 g/mol. The monoisotopic (exact) mass is 190 g/mol. The van der Waals surface area contributed by atoms with Crippen molar-refractivity contribution in [3.8, 4) is 5.88 Å². The Kier molecular flexibility index (Phi) is 1.84. The fourth-order valence-electron chi connectivity index (χ4n) is 1.54. The first-order chi connectivity index (χ1) is 6.58. The molecular weight excluding hydrogens is 178 g/mol. The summed E-state index contributed by atoms with van der Waals surface area (Å²) in [6, 6.07) is 3.53. The molecule has 0 unspecified atom stereocenters. The molecule has 2 heterocycles. The molecule has 0 spiro atoms. The van der Waals surface area contributed by atoms with E-state index in [9.17, 15) is 5.11 Å². The molecule has 14 heavy (non-hydrogen) atoms. The zero-order valence-electron chi connectivity index (χ0n) is 8.48. The maximum atomic E-state index is 11.5. The van der Waals surface area contributed by atoms with Gasteiger partial charge < -0.3 is 5.11 Å². The minimum atomic E-state index is -0.0475. The van der Waals surface area contributed by atoms with E-state index in [1.54, 1.807) is 17.1 Å². The van der Waals surface area contributed by atoms with Gasteiger partial charge in [-0.3, -0.25) is 4.68 Å². The van der Waals surface area contributed by atoms with Crippen molar-refractivity contribution in [3.63, 3.8) is 0 Å². The molecule has 0 aliphatic rings. The lowest BCUT2D eigenvalue weighted by atomic mass is 10.4. The smallest absolute Gasteiger partial charge is 0.0617 e. The number of aryl methyl sites for hydroxylation is 3. The standard InChI is InChI=1S/C10H13N3O/c1-7-4-10(14)12(6-7)13-9(3)5-8(2)11-13/h4-6,14H,1-3H3/p-1. The lowest BCUT2D eigenvalue weighted by Crippen LogP contribution is -2.14. The highest BCUT2D eigenvalue weighted by Gasteiger charge is 2.03. The molecule has 0 aromatic carbocycles. The van der Waals surface area contributed by atoms with E-state index in [1.165, 1.54) is 4.68 Å². The van der Waals surface area contributed by atoms with Crippen molar-refractivity contribution in [3.05, 3.63) is 35.3 Å². The Morgan fingerprint density at radius 3 is 2.36 bits per heavy atom. The maximum absolute atomic E-state index is 11.5. The van der Waals surface area contributed by atoms with E-state index in [1.807, 2.05) is 26.8 Å². The summed E-state index contributed by atoms with van der Waals surface area (Å²) in [5.74, 6) is -0.0475. The van der Waals surface area contributed by atoms with Crippen LogP contribution in [-0.4, -0.2) is 14.6 Å². The van der Waals surface area contributed by atoms with Gasteiger partial charge in [0.05, 0.1) is 11.4 Å². The molecule has 74 valence electrons. The van der Waals surface area contributed by atoms with Crippen molar-refractivity contribution in [1.82, 2.24) is 14.6 Å². The van der Waals surface area contributed by atoms with Crippen molar-refractivity contribution >= 4 is 0 Å². The zero-order valence-corrected chi connectivity index (χ0v) is 8.48. The molecule has 4 heteroatoms. The van der Waals surface area contributed by atoms with Crippen LogP contribution in [0.15, 0.2) is 18.3 Å². The summed E-state index contributed by atoms with van der Waals surface area (Å²) in [5.41, 5.74) is 2.81. The van der Waals surface area contributed by atoms with Crippen LogP contribution >= 0.6 is 0 Å². The number of hydrogen-bond acceptors (Lipinski definition) is 2. The molecule has 0 radical (unpaired) electrons. The third kappa shape index (κ3) is 1.28. The Morgan fingerprint density at radius 1 is 1.21 bits per heavy atom. The third-order valence-corrected chi connectivity index (χ3v) is 2.09. The van der Waals surface area contributed by atoms with Crippen LogP contribution in [0.3, 0.4) is 0 Å². The van der Waals surface area contributed by atoms with Gasteiger partial charge in [0.1, 0.15) is 0 Å². The molecule has 0 aliphatic heterocycles. The number of rotatable bonds is 1. The largest absolute Gasteiger partial charge is 0.859 e. The highest BCUT2D eigenvalue weighted by Crippen LogP contribution is 2.13. The van der Waals surface area contributed by atoms with E-state index in [0.717, 1.165) is 17.0 Å². The van der Waals surface area contributed by atoms with Crippen LogP contribution in [0.5, 0.6) is 5.88 Å². The minimum Gasteiger partial charge on any atom is -0.859 e. The highest BCUT2D eigenvalue weighted by atomic mass is 16.3. The molecular formula is C10H12N3O-. The first-order valence-corrected chi connectivity index (χ1v) is 4.48.